The van der Waals surface area contributed by atoms with Crippen molar-refractivity contribution in [3.05, 3.63) is 30.3 Å². The minimum absolute atomic E-state index is 0.418. The molecule has 0 aliphatic heterocycles. The highest BCUT2D eigenvalue weighted by Gasteiger charge is 2.01. The van der Waals surface area contributed by atoms with Gasteiger partial charge in [0.2, 0.25) is 0 Å². The second-order valence-corrected chi connectivity index (χ2v) is 3.13. The van der Waals surface area contributed by atoms with Gasteiger partial charge in [0.1, 0.15) is 5.75 Å². The Balaban J connectivity index is 2.19. The predicted octanol–water partition coefficient (Wildman–Crippen LogP) is 1.51. The number of para-hydroxylation sites is 1. The molecule has 0 heterocycles. The van der Waals surface area contributed by atoms with Gasteiger partial charge in [-0.3, -0.25) is 0 Å². The van der Waals surface area contributed by atoms with Crippen molar-refractivity contribution in [3.8, 4) is 5.75 Å². The number of hydrogen-bond acceptors (Lipinski definition) is 3. The van der Waals surface area contributed by atoms with Gasteiger partial charge in [-0.1, -0.05) is 18.2 Å². The summed E-state index contributed by atoms with van der Waals surface area (Å²) in [4.78, 5) is 11.2. The zero-order chi connectivity index (χ0) is 10.9. The van der Waals surface area contributed by atoms with Crippen LogP contribution in [0.15, 0.2) is 30.3 Å². The van der Waals surface area contributed by atoms with E-state index in [0.717, 1.165) is 12.8 Å². The highest BCUT2D eigenvalue weighted by atomic mass is 16.5. The van der Waals surface area contributed by atoms with E-state index in [1.165, 1.54) is 0 Å². The van der Waals surface area contributed by atoms with Gasteiger partial charge < -0.3 is 15.8 Å². The highest BCUT2D eigenvalue weighted by molar-refractivity contribution is 5.70. The molecule has 4 nitrogen and oxygen atoms in total. The van der Waals surface area contributed by atoms with Crippen molar-refractivity contribution in [2.24, 2.45) is 5.73 Å². The number of rotatable bonds is 5. The predicted molar refractivity (Wildman–Crippen MR) is 58.8 cm³/mol. The lowest BCUT2D eigenvalue weighted by atomic mass is 10.3. The van der Waals surface area contributed by atoms with Crippen LogP contribution in [-0.4, -0.2) is 19.2 Å². The molecule has 15 heavy (non-hydrogen) atoms. The van der Waals surface area contributed by atoms with Crippen LogP contribution < -0.4 is 15.8 Å². The van der Waals surface area contributed by atoms with Crippen molar-refractivity contribution in [3.63, 3.8) is 0 Å². The monoisotopic (exact) mass is 208 g/mol. The van der Waals surface area contributed by atoms with Gasteiger partial charge in [-0.15, -0.1) is 0 Å². The normalized spacial score (nSPS) is 9.67. The van der Waals surface area contributed by atoms with Gasteiger partial charge in [0.05, 0.1) is 0 Å². The van der Waals surface area contributed by atoms with Crippen molar-refractivity contribution in [2.45, 2.75) is 12.8 Å². The maximum absolute atomic E-state index is 11.2. The first-order valence-electron chi connectivity index (χ1n) is 5.03. The first-order chi connectivity index (χ1) is 7.33. The Morgan fingerprint density at radius 2 is 2.00 bits per heavy atom. The SMILES string of the molecule is NCCCCNC(=O)Oc1ccccc1. The second kappa shape index (κ2) is 6.84. The van der Waals surface area contributed by atoms with E-state index in [9.17, 15) is 4.79 Å². The molecule has 82 valence electrons. The van der Waals surface area contributed by atoms with Crippen LogP contribution in [0.2, 0.25) is 0 Å². The van der Waals surface area contributed by atoms with Crippen LogP contribution in [0.4, 0.5) is 4.79 Å². The molecule has 0 spiro atoms. The summed E-state index contributed by atoms with van der Waals surface area (Å²) in [6, 6.07) is 8.97. The molecule has 4 heteroatoms. The van der Waals surface area contributed by atoms with Gasteiger partial charge in [-0.25, -0.2) is 4.79 Å². The average Bonchev–Trinajstić information content (AvgIpc) is 2.26. The largest absolute Gasteiger partial charge is 0.412 e. The highest BCUT2D eigenvalue weighted by Crippen LogP contribution is 2.07. The molecule has 1 aromatic rings. The van der Waals surface area contributed by atoms with E-state index in [4.69, 9.17) is 10.5 Å². The molecule has 0 aromatic heterocycles. The second-order valence-electron chi connectivity index (χ2n) is 3.13. The summed E-state index contributed by atoms with van der Waals surface area (Å²) in [7, 11) is 0. The molecule has 0 bridgehead atoms. The van der Waals surface area contributed by atoms with Crippen molar-refractivity contribution in [1.82, 2.24) is 5.32 Å². The molecule has 0 unspecified atom stereocenters. The smallest absolute Gasteiger partial charge is 0.410 e. The van der Waals surface area contributed by atoms with Crippen LogP contribution in [0.25, 0.3) is 0 Å². The Kier molecular flexibility index (Phi) is 5.25. The molecule has 0 atom stereocenters. The number of amides is 1. The number of unbranched alkanes of at least 4 members (excludes halogenated alkanes) is 1. The lowest BCUT2D eigenvalue weighted by Crippen LogP contribution is -2.27. The van der Waals surface area contributed by atoms with E-state index >= 15 is 0 Å². The van der Waals surface area contributed by atoms with Gasteiger partial charge in [0.25, 0.3) is 0 Å². The minimum atomic E-state index is -0.418. The Morgan fingerprint density at radius 1 is 1.27 bits per heavy atom. The van der Waals surface area contributed by atoms with Crippen LogP contribution in [0.1, 0.15) is 12.8 Å². The number of nitrogens with one attached hydrogen (secondary N) is 1. The molecule has 3 N–H and O–H groups in total. The van der Waals surface area contributed by atoms with Crippen molar-refractivity contribution < 1.29 is 9.53 Å². The number of benzene rings is 1. The zero-order valence-electron chi connectivity index (χ0n) is 8.61. The summed E-state index contributed by atoms with van der Waals surface area (Å²) in [5, 5.41) is 2.65. The Labute approximate surface area is 89.4 Å². The fourth-order valence-corrected chi connectivity index (χ4v) is 1.09. The van der Waals surface area contributed by atoms with Gasteiger partial charge in [0, 0.05) is 6.54 Å². The Hall–Kier alpha value is -1.55. The number of hydrogen-bond donors (Lipinski definition) is 2. The third-order valence-electron chi connectivity index (χ3n) is 1.85. The summed E-state index contributed by atoms with van der Waals surface area (Å²) < 4.78 is 5.01. The lowest BCUT2D eigenvalue weighted by Gasteiger charge is -2.05. The zero-order valence-corrected chi connectivity index (χ0v) is 8.61. The Morgan fingerprint density at radius 3 is 2.67 bits per heavy atom. The first-order valence-corrected chi connectivity index (χ1v) is 5.03. The molecule has 0 radical (unpaired) electrons. The van der Waals surface area contributed by atoms with Crippen molar-refractivity contribution in [1.29, 1.82) is 0 Å². The summed E-state index contributed by atoms with van der Waals surface area (Å²) in [6.45, 7) is 1.25. The fourth-order valence-electron chi connectivity index (χ4n) is 1.09. The number of carbonyl (C=O) groups excluding carboxylic acids is 1. The van der Waals surface area contributed by atoms with E-state index in [1.54, 1.807) is 12.1 Å². The van der Waals surface area contributed by atoms with Gasteiger partial charge in [0.15, 0.2) is 0 Å². The van der Waals surface area contributed by atoms with Crippen LogP contribution >= 0.6 is 0 Å². The summed E-state index contributed by atoms with van der Waals surface area (Å²) in [5.41, 5.74) is 5.33. The fraction of sp³-hybridized carbons (Fsp3) is 0.364. The molecule has 0 saturated carbocycles. The lowest BCUT2D eigenvalue weighted by molar-refractivity contribution is 0.200. The molecule has 1 aromatic carbocycles. The Bertz CT molecular complexity index is 288. The van der Waals surface area contributed by atoms with Crippen molar-refractivity contribution >= 4 is 6.09 Å². The molecular formula is C11H16N2O2. The van der Waals surface area contributed by atoms with Crippen molar-refractivity contribution in [2.75, 3.05) is 13.1 Å². The molecule has 0 aliphatic carbocycles. The van der Waals surface area contributed by atoms with Crippen LogP contribution in [0.3, 0.4) is 0 Å². The van der Waals surface area contributed by atoms with Crippen LogP contribution in [-0.2, 0) is 0 Å². The topological polar surface area (TPSA) is 64.3 Å². The summed E-state index contributed by atoms with van der Waals surface area (Å²) >= 11 is 0. The molecule has 0 aliphatic rings. The molecular weight excluding hydrogens is 192 g/mol. The third kappa shape index (κ3) is 5.02. The third-order valence-corrected chi connectivity index (χ3v) is 1.85. The maximum atomic E-state index is 11.2. The summed E-state index contributed by atoms with van der Waals surface area (Å²) in [6.07, 6.45) is 1.37. The number of nitrogens with two attached hydrogens (primary N) is 1. The van der Waals surface area contributed by atoms with Crippen LogP contribution in [0.5, 0.6) is 5.75 Å². The molecule has 1 amide bonds. The number of carbonyl (C=O) groups is 1. The van der Waals surface area contributed by atoms with Gasteiger partial charge in [-0.2, -0.15) is 0 Å². The van der Waals surface area contributed by atoms with E-state index in [2.05, 4.69) is 5.32 Å². The van der Waals surface area contributed by atoms with Crippen LogP contribution in [0, 0.1) is 0 Å². The summed E-state index contributed by atoms with van der Waals surface area (Å²) in [5.74, 6) is 0.550. The first kappa shape index (κ1) is 11.5. The minimum Gasteiger partial charge on any atom is -0.410 e. The quantitative estimate of drug-likeness (QED) is 0.721. The van der Waals surface area contributed by atoms with Gasteiger partial charge in [-0.05, 0) is 31.5 Å². The number of ether oxygens (including phenoxy) is 1. The van der Waals surface area contributed by atoms with E-state index < -0.39 is 6.09 Å². The van der Waals surface area contributed by atoms with Gasteiger partial charge >= 0.3 is 6.09 Å². The standard InChI is InChI=1S/C11H16N2O2/c12-8-4-5-9-13-11(14)15-10-6-2-1-3-7-10/h1-3,6-7H,4-5,8-9,12H2,(H,13,14). The maximum Gasteiger partial charge on any atom is 0.412 e. The molecule has 0 saturated heterocycles. The average molecular weight is 208 g/mol. The van der Waals surface area contributed by atoms with E-state index in [1.807, 2.05) is 18.2 Å². The van der Waals surface area contributed by atoms with E-state index in [0.29, 0.717) is 18.8 Å². The molecule has 1 rings (SSSR count). The van der Waals surface area contributed by atoms with E-state index in [-0.39, 0.29) is 0 Å². The molecule has 0 fully saturated rings.